The minimum atomic E-state index is -0.0755. The summed E-state index contributed by atoms with van der Waals surface area (Å²) in [5, 5.41) is 7.09. The van der Waals surface area contributed by atoms with E-state index >= 15 is 0 Å². The molecule has 3 heteroatoms. The number of aromatic nitrogens is 1. The number of rotatable bonds is 8. The number of fused-ring (bicyclic) bond motifs is 12. The molecule has 13 aromatic rings. The van der Waals surface area contributed by atoms with Gasteiger partial charge in [-0.15, -0.1) is 0 Å². The predicted molar refractivity (Wildman–Crippen MR) is 287 cm³/mol. The third-order valence-corrected chi connectivity index (χ3v) is 15.3. The monoisotopic (exact) mass is 885 g/mol. The molecule has 0 N–H and O–H groups in total. The van der Waals surface area contributed by atoms with Gasteiger partial charge < -0.3 is 13.4 Å². The fourth-order valence-electron chi connectivity index (χ4n) is 11.9. The molecule has 1 aliphatic rings. The molecule has 14 rings (SSSR count). The van der Waals surface area contributed by atoms with Gasteiger partial charge in [0.25, 0.3) is 0 Å². The van der Waals surface area contributed by atoms with Crippen molar-refractivity contribution < 1.29 is 8.83 Å². The summed E-state index contributed by atoms with van der Waals surface area (Å²) in [5.74, 6) is 0.175. The summed E-state index contributed by atoms with van der Waals surface area (Å²) in [4.78, 5) is 0. The van der Waals surface area contributed by atoms with E-state index in [1.165, 1.54) is 66.1 Å². The lowest BCUT2D eigenvalue weighted by molar-refractivity contribution is 0.652. The molecular formula is C66H47NO2. The second-order valence-corrected chi connectivity index (χ2v) is 19.6. The molecule has 3 nitrogen and oxygen atoms in total. The van der Waals surface area contributed by atoms with Gasteiger partial charge in [0, 0.05) is 54.5 Å². The molecule has 0 spiro atoms. The minimum Gasteiger partial charge on any atom is -0.455 e. The second kappa shape index (κ2) is 15.3. The van der Waals surface area contributed by atoms with E-state index in [0.29, 0.717) is 0 Å². The maximum absolute atomic E-state index is 6.97. The van der Waals surface area contributed by atoms with Crippen LogP contribution in [0.1, 0.15) is 47.6 Å². The molecule has 0 aliphatic heterocycles. The highest BCUT2D eigenvalue weighted by molar-refractivity contribution is 6.14. The molecule has 0 bridgehead atoms. The van der Waals surface area contributed by atoms with Crippen molar-refractivity contribution in [3.63, 3.8) is 0 Å². The van der Waals surface area contributed by atoms with E-state index in [2.05, 4.69) is 231 Å². The first-order valence-electron chi connectivity index (χ1n) is 24.2. The SMILES string of the molecule is CC1(C)c2ccccc2-c2ccc(CC(Cc3ccc(-c4ccc5c(c4)c4ccccc4n5-c4ccccc4)c4oc5ccccc5c34)c3ccc(-c4cccc5c4oc4ccccc45)cc3)cc21. The van der Waals surface area contributed by atoms with Crippen molar-refractivity contribution in [1.82, 2.24) is 4.57 Å². The highest BCUT2D eigenvalue weighted by atomic mass is 16.3. The summed E-state index contributed by atoms with van der Waals surface area (Å²) in [7, 11) is 0. The zero-order valence-electron chi connectivity index (χ0n) is 38.5. The normalized spacial score (nSPS) is 13.5. The first-order chi connectivity index (χ1) is 34.0. The van der Waals surface area contributed by atoms with Crippen molar-refractivity contribution in [2.24, 2.45) is 0 Å². The van der Waals surface area contributed by atoms with E-state index in [1.807, 2.05) is 6.07 Å². The van der Waals surface area contributed by atoms with Crippen LogP contribution >= 0.6 is 0 Å². The quantitative estimate of drug-likeness (QED) is 0.152. The molecule has 1 unspecified atom stereocenters. The van der Waals surface area contributed by atoms with Gasteiger partial charge in [-0.05, 0) is 111 Å². The number of hydrogen-bond donors (Lipinski definition) is 0. The fourth-order valence-corrected chi connectivity index (χ4v) is 11.9. The third-order valence-electron chi connectivity index (χ3n) is 15.3. The zero-order valence-corrected chi connectivity index (χ0v) is 38.5. The van der Waals surface area contributed by atoms with Gasteiger partial charge in [0.2, 0.25) is 0 Å². The number of para-hydroxylation sites is 5. The van der Waals surface area contributed by atoms with Gasteiger partial charge in [0.15, 0.2) is 0 Å². The highest BCUT2D eigenvalue weighted by Crippen LogP contribution is 2.49. The van der Waals surface area contributed by atoms with Crippen LogP contribution < -0.4 is 0 Å². The van der Waals surface area contributed by atoms with Gasteiger partial charge >= 0.3 is 0 Å². The Labute approximate surface area is 400 Å². The van der Waals surface area contributed by atoms with Crippen molar-refractivity contribution in [3.8, 4) is 39.1 Å². The van der Waals surface area contributed by atoms with Crippen molar-refractivity contribution in [2.75, 3.05) is 0 Å². The lowest BCUT2D eigenvalue weighted by Gasteiger charge is -2.23. The maximum atomic E-state index is 6.97. The van der Waals surface area contributed by atoms with Crippen molar-refractivity contribution in [1.29, 1.82) is 0 Å². The minimum absolute atomic E-state index is 0.0755. The van der Waals surface area contributed by atoms with Crippen LogP contribution in [0.5, 0.6) is 0 Å². The summed E-state index contributed by atoms with van der Waals surface area (Å²) < 4.78 is 15.9. The first kappa shape index (κ1) is 39.7. The van der Waals surface area contributed by atoms with Crippen LogP contribution in [-0.2, 0) is 18.3 Å². The molecule has 0 amide bonds. The topological polar surface area (TPSA) is 31.2 Å². The number of hydrogen-bond acceptors (Lipinski definition) is 2. The lowest BCUT2D eigenvalue weighted by atomic mass is 9.80. The van der Waals surface area contributed by atoms with Gasteiger partial charge in [-0.25, -0.2) is 0 Å². The molecule has 0 fully saturated rings. The molecule has 328 valence electrons. The Morgan fingerprint density at radius 3 is 1.90 bits per heavy atom. The Balaban J connectivity index is 0.899. The summed E-state index contributed by atoms with van der Waals surface area (Å²) in [5.41, 5.74) is 21.1. The predicted octanol–water partition coefficient (Wildman–Crippen LogP) is 17.8. The van der Waals surface area contributed by atoms with Gasteiger partial charge in [-0.3, -0.25) is 0 Å². The maximum Gasteiger partial charge on any atom is 0.143 e. The highest BCUT2D eigenvalue weighted by Gasteiger charge is 2.35. The van der Waals surface area contributed by atoms with Crippen LogP contribution in [0.2, 0.25) is 0 Å². The first-order valence-corrected chi connectivity index (χ1v) is 24.2. The van der Waals surface area contributed by atoms with Crippen molar-refractivity contribution in [2.45, 2.75) is 38.0 Å². The largest absolute Gasteiger partial charge is 0.455 e. The second-order valence-electron chi connectivity index (χ2n) is 19.6. The average molecular weight is 886 g/mol. The van der Waals surface area contributed by atoms with Gasteiger partial charge in [-0.1, -0.05) is 190 Å². The van der Waals surface area contributed by atoms with E-state index in [0.717, 1.165) is 79.3 Å². The molecule has 10 aromatic carbocycles. The van der Waals surface area contributed by atoms with Crippen LogP contribution in [0, 0.1) is 0 Å². The van der Waals surface area contributed by atoms with Crippen molar-refractivity contribution >= 4 is 65.7 Å². The van der Waals surface area contributed by atoms with Crippen molar-refractivity contribution in [3.05, 3.63) is 246 Å². The van der Waals surface area contributed by atoms with E-state index < -0.39 is 0 Å². The fraction of sp³-hybridized carbons (Fsp3) is 0.0909. The third kappa shape index (κ3) is 6.20. The molecule has 0 radical (unpaired) electrons. The summed E-state index contributed by atoms with van der Waals surface area (Å²) in [6.07, 6.45) is 1.72. The Morgan fingerprint density at radius 1 is 0.420 bits per heavy atom. The van der Waals surface area contributed by atoms with Crippen LogP contribution in [0.4, 0.5) is 0 Å². The molecule has 1 atom stereocenters. The molecule has 0 saturated heterocycles. The summed E-state index contributed by atoms with van der Waals surface area (Å²) >= 11 is 0. The Morgan fingerprint density at radius 2 is 1.04 bits per heavy atom. The van der Waals surface area contributed by atoms with Crippen LogP contribution in [0.15, 0.2) is 227 Å². The number of furan rings is 2. The van der Waals surface area contributed by atoms with Gasteiger partial charge in [0.05, 0.1) is 11.0 Å². The molecular weight excluding hydrogens is 839 g/mol. The standard InChI is InChI=1S/C66H47NO2/c1-66(2)57-23-10-6-17-50(57)51-34-27-41(38-58(51)66)37-46(42-28-30-43(31-29-42)48-21-14-22-54-53-19-8-12-25-61(53)68-64(48)54)39-45-32-35-49(65-63(45)55-20-9-13-26-62(55)69-65)44-33-36-60-56(40-44)52-18-7-11-24-59(52)67(60)47-15-4-3-5-16-47/h3-36,38,40,46H,37,39H2,1-2H3. The van der Waals surface area contributed by atoms with E-state index in [1.54, 1.807) is 0 Å². The summed E-state index contributed by atoms with van der Waals surface area (Å²) in [6.45, 7) is 4.75. The zero-order chi connectivity index (χ0) is 45.8. The molecule has 1 aliphatic carbocycles. The van der Waals surface area contributed by atoms with E-state index in [-0.39, 0.29) is 11.3 Å². The molecule has 3 aromatic heterocycles. The average Bonchev–Trinajstić information content (AvgIpc) is 4.13. The van der Waals surface area contributed by atoms with E-state index in [4.69, 9.17) is 8.83 Å². The smallest absolute Gasteiger partial charge is 0.143 e. The molecule has 69 heavy (non-hydrogen) atoms. The molecule has 3 heterocycles. The lowest BCUT2D eigenvalue weighted by Crippen LogP contribution is -2.15. The Hall–Kier alpha value is -8.40. The number of benzene rings is 10. The van der Waals surface area contributed by atoms with Crippen LogP contribution in [0.25, 0.3) is 105 Å². The Bertz CT molecular complexity index is 4160. The van der Waals surface area contributed by atoms with E-state index in [9.17, 15) is 0 Å². The summed E-state index contributed by atoms with van der Waals surface area (Å²) in [6, 6.07) is 79.9. The number of nitrogens with zero attached hydrogens (tertiary/aromatic N) is 1. The molecule has 0 saturated carbocycles. The van der Waals surface area contributed by atoms with Crippen LogP contribution in [0.3, 0.4) is 0 Å². The van der Waals surface area contributed by atoms with Gasteiger partial charge in [-0.2, -0.15) is 0 Å². The van der Waals surface area contributed by atoms with Crippen LogP contribution in [-0.4, -0.2) is 4.57 Å². The Kier molecular flexibility index (Phi) is 8.82. The van der Waals surface area contributed by atoms with Gasteiger partial charge in [0.1, 0.15) is 22.3 Å².